The lowest BCUT2D eigenvalue weighted by molar-refractivity contribution is -0.0575. The van der Waals surface area contributed by atoms with Gasteiger partial charge < -0.3 is 10.0 Å². The second-order valence-corrected chi connectivity index (χ2v) is 5.77. The number of alkyl halides is 6. The van der Waals surface area contributed by atoms with Crippen molar-refractivity contribution in [2.75, 3.05) is 28.2 Å². The van der Waals surface area contributed by atoms with Gasteiger partial charge >= 0.3 is 12.4 Å². The Hall–Kier alpha value is -0.780. The fraction of sp³-hybridized carbons (Fsp3) is 0.750. The fourth-order valence-corrected chi connectivity index (χ4v) is 2.66. The average Bonchev–Trinajstić information content (AvgIpc) is 2.17. The van der Waals surface area contributed by atoms with E-state index in [-0.39, 0.29) is 21.6 Å². The highest BCUT2D eigenvalue weighted by molar-refractivity contribution is 8.87. The van der Waals surface area contributed by atoms with Crippen LogP contribution in [-0.4, -0.2) is 60.6 Å². The molecule has 0 unspecified atom stereocenters. The Morgan fingerprint density at radius 1 is 0.700 bits per heavy atom. The Morgan fingerprint density at radius 3 is 1.10 bits per heavy atom. The molecule has 0 saturated heterocycles. The summed E-state index contributed by atoms with van der Waals surface area (Å²) < 4.78 is 75.4. The average molecular weight is 342 g/mol. The lowest BCUT2D eigenvalue weighted by atomic mass is 10.7. The van der Waals surface area contributed by atoms with E-state index >= 15 is 0 Å². The van der Waals surface area contributed by atoms with Gasteiger partial charge in [-0.05, 0) is 21.6 Å². The van der Waals surface area contributed by atoms with Crippen molar-refractivity contribution in [2.45, 2.75) is 12.4 Å². The van der Waals surface area contributed by atoms with Crippen LogP contribution in [0.2, 0.25) is 0 Å². The number of nitrogens with zero attached hydrogens (tertiary/aromatic N) is 4. The molecular weight excluding hydrogens is 330 g/mol. The van der Waals surface area contributed by atoms with Crippen LogP contribution in [0.15, 0.2) is 10.2 Å². The Morgan fingerprint density at radius 2 is 0.950 bits per heavy atom. The second-order valence-electron chi connectivity index (χ2n) is 3.67. The van der Waals surface area contributed by atoms with E-state index in [0.717, 1.165) is 10.0 Å². The van der Waals surface area contributed by atoms with Crippen molar-refractivity contribution in [2.24, 2.45) is 10.2 Å². The molecule has 0 aromatic rings. The van der Waals surface area contributed by atoms with Crippen molar-refractivity contribution < 1.29 is 26.3 Å². The molecule has 0 amide bonds. The van der Waals surface area contributed by atoms with Crippen LogP contribution in [0.25, 0.3) is 0 Å². The molecule has 0 radical (unpaired) electrons. The third-order valence-corrected chi connectivity index (χ3v) is 3.49. The molecule has 0 atom stereocenters. The molecule has 0 bridgehead atoms. The molecular formula is C8H12F6N4S2. The Balaban J connectivity index is 5.09. The third kappa shape index (κ3) is 7.72. The van der Waals surface area contributed by atoms with Crippen LogP contribution in [0.4, 0.5) is 26.3 Å². The summed E-state index contributed by atoms with van der Waals surface area (Å²) in [5, 5.41) is 5.13. The maximum absolute atomic E-state index is 12.6. The molecule has 0 fully saturated rings. The first-order valence-corrected chi connectivity index (χ1v) is 6.99. The van der Waals surface area contributed by atoms with Crippen LogP contribution in [0.1, 0.15) is 0 Å². The summed E-state index contributed by atoms with van der Waals surface area (Å²) in [6, 6.07) is 0. The van der Waals surface area contributed by atoms with Crippen molar-refractivity contribution >= 4 is 31.7 Å². The van der Waals surface area contributed by atoms with Crippen LogP contribution in [0.5, 0.6) is 0 Å². The van der Waals surface area contributed by atoms with Crippen molar-refractivity contribution in [1.29, 1.82) is 0 Å². The van der Waals surface area contributed by atoms with E-state index in [0.29, 0.717) is 0 Å². The van der Waals surface area contributed by atoms with E-state index in [4.69, 9.17) is 0 Å². The van der Waals surface area contributed by atoms with Crippen molar-refractivity contribution in [1.82, 2.24) is 10.0 Å². The number of halogens is 6. The summed E-state index contributed by atoms with van der Waals surface area (Å²) in [6.07, 6.45) is -9.67. The van der Waals surface area contributed by atoms with Gasteiger partial charge in [0.1, 0.15) is 0 Å². The van der Waals surface area contributed by atoms with E-state index in [1.54, 1.807) is 0 Å². The highest BCUT2D eigenvalue weighted by Gasteiger charge is 2.42. The maximum atomic E-state index is 12.6. The summed E-state index contributed by atoms with van der Waals surface area (Å²) in [5.41, 5.74) is 0. The zero-order valence-corrected chi connectivity index (χ0v) is 12.5. The second kappa shape index (κ2) is 7.29. The van der Waals surface area contributed by atoms with Gasteiger partial charge in [-0.1, -0.05) is 0 Å². The van der Waals surface area contributed by atoms with Gasteiger partial charge in [0.05, 0.1) is 0 Å². The first-order valence-electron chi connectivity index (χ1n) is 4.84. The van der Waals surface area contributed by atoms with E-state index < -0.39 is 22.4 Å². The normalized spacial score (nSPS) is 14.5. The van der Waals surface area contributed by atoms with Gasteiger partial charge in [-0.3, -0.25) is 0 Å². The first-order chi connectivity index (χ1) is 8.84. The van der Waals surface area contributed by atoms with Gasteiger partial charge in [-0.2, -0.15) is 36.5 Å². The van der Waals surface area contributed by atoms with Gasteiger partial charge in [0.2, 0.25) is 10.1 Å². The van der Waals surface area contributed by atoms with Crippen LogP contribution >= 0.6 is 21.6 Å². The van der Waals surface area contributed by atoms with Crippen molar-refractivity contribution in [3.63, 3.8) is 0 Å². The Kier molecular flexibility index (Phi) is 7.01. The minimum absolute atomic E-state index is 0.144. The monoisotopic (exact) mass is 342 g/mol. The van der Waals surface area contributed by atoms with Crippen LogP contribution in [-0.2, 0) is 0 Å². The highest BCUT2D eigenvalue weighted by atomic mass is 33.1. The summed E-state index contributed by atoms with van der Waals surface area (Å²) in [7, 11) is 4.64. The fourth-order valence-electron chi connectivity index (χ4n) is 0.683. The largest absolute Gasteiger partial charge is 0.442 e. The molecule has 0 spiro atoms. The minimum atomic E-state index is -4.84. The molecule has 0 aliphatic rings. The summed E-state index contributed by atoms with van der Waals surface area (Å²) in [5.74, 6) is 0. The molecule has 0 aliphatic carbocycles. The lowest BCUT2D eigenvalue weighted by Crippen LogP contribution is -2.25. The number of rotatable bonds is 2. The van der Waals surface area contributed by atoms with Crippen LogP contribution in [0, 0.1) is 0 Å². The maximum Gasteiger partial charge on any atom is 0.442 e. The van der Waals surface area contributed by atoms with E-state index in [1.807, 2.05) is 0 Å². The summed E-state index contributed by atoms with van der Waals surface area (Å²) >= 11 is 0. The first kappa shape index (κ1) is 19.2. The highest BCUT2D eigenvalue weighted by Crippen LogP contribution is 2.38. The zero-order chi connectivity index (χ0) is 16.1. The van der Waals surface area contributed by atoms with E-state index in [9.17, 15) is 26.3 Å². The quantitative estimate of drug-likeness (QED) is 0.253. The van der Waals surface area contributed by atoms with Crippen molar-refractivity contribution in [3.05, 3.63) is 0 Å². The molecule has 0 rings (SSSR count). The van der Waals surface area contributed by atoms with E-state index in [2.05, 4.69) is 10.2 Å². The Labute approximate surface area is 119 Å². The van der Waals surface area contributed by atoms with Gasteiger partial charge in [-0.25, -0.2) is 0 Å². The molecule has 0 aliphatic heterocycles. The third-order valence-electron chi connectivity index (χ3n) is 1.27. The molecule has 0 aromatic carbocycles. The zero-order valence-electron chi connectivity index (χ0n) is 10.9. The standard InChI is InChI=1S/C8H12F6N4S2/c1-17(2)15-5(7(9,10)11)19-20-6(8(12,13)14)16-18(3)4/h1-4H3/b15-5+,16-6+. The smallest absolute Gasteiger partial charge is 0.302 e. The summed E-state index contributed by atoms with van der Waals surface area (Å²) in [6.45, 7) is 0. The van der Waals surface area contributed by atoms with Gasteiger partial charge in [0, 0.05) is 28.2 Å². The molecule has 0 N–H and O–H groups in total. The van der Waals surface area contributed by atoms with Gasteiger partial charge in [0.15, 0.2) is 0 Å². The number of hydrogen-bond acceptors (Lipinski definition) is 6. The molecule has 0 aromatic heterocycles. The van der Waals surface area contributed by atoms with Crippen LogP contribution in [0.3, 0.4) is 0 Å². The molecule has 4 nitrogen and oxygen atoms in total. The molecule has 0 saturated carbocycles. The predicted molar refractivity (Wildman–Crippen MR) is 69.5 cm³/mol. The molecule has 0 heterocycles. The topological polar surface area (TPSA) is 31.2 Å². The lowest BCUT2D eigenvalue weighted by Gasteiger charge is -2.15. The summed E-state index contributed by atoms with van der Waals surface area (Å²) in [4.78, 5) is 0. The number of hydrogen-bond donors (Lipinski definition) is 0. The molecule has 20 heavy (non-hydrogen) atoms. The molecule has 118 valence electrons. The van der Waals surface area contributed by atoms with Crippen molar-refractivity contribution in [3.8, 4) is 0 Å². The van der Waals surface area contributed by atoms with Gasteiger partial charge in [0.25, 0.3) is 0 Å². The minimum Gasteiger partial charge on any atom is -0.302 e. The van der Waals surface area contributed by atoms with Crippen LogP contribution < -0.4 is 0 Å². The van der Waals surface area contributed by atoms with Gasteiger partial charge in [-0.15, -0.1) is 0 Å². The van der Waals surface area contributed by atoms with E-state index in [1.165, 1.54) is 28.2 Å². The molecule has 12 heteroatoms. The predicted octanol–water partition coefficient (Wildman–Crippen LogP) is 3.24. The number of hydrazone groups is 2. The Bertz CT molecular complexity index is 338. The SMILES string of the molecule is CN(C)/N=C(/SS/C(=N/N(C)C)C(F)(F)F)C(F)(F)F.